The second kappa shape index (κ2) is 8.24. The third kappa shape index (κ3) is 5.03. The van der Waals surface area contributed by atoms with Crippen molar-refractivity contribution in [2.45, 2.75) is 38.4 Å². The second-order valence-corrected chi connectivity index (χ2v) is 6.40. The highest BCUT2D eigenvalue weighted by molar-refractivity contribution is 5.78. The molecule has 1 atom stereocenters. The fourth-order valence-electron chi connectivity index (χ4n) is 2.97. The highest BCUT2D eigenvalue weighted by atomic mass is 19.1. The van der Waals surface area contributed by atoms with Crippen LogP contribution in [0.5, 0.6) is 0 Å². The molecule has 5 nitrogen and oxygen atoms in total. The lowest BCUT2D eigenvalue weighted by Gasteiger charge is -2.36. The van der Waals surface area contributed by atoms with Crippen molar-refractivity contribution in [3.8, 4) is 0 Å². The van der Waals surface area contributed by atoms with E-state index in [9.17, 15) is 14.0 Å². The van der Waals surface area contributed by atoms with Gasteiger partial charge in [0.25, 0.3) is 0 Å². The van der Waals surface area contributed by atoms with Crippen LogP contribution >= 0.6 is 0 Å². The second-order valence-electron chi connectivity index (χ2n) is 6.40. The number of rotatable bonds is 6. The Kier molecular flexibility index (Phi) is 6.31. The van der Waals surface area contributed by atoms with Crippen LogP contribution in [0, 0.1) is 0 Å². The molecule has 24 heavy (non-hydrogen) atoms. The van der Waals surface area contributed by atoms with Gasteiger partial charge >= 0.3 is 0 Å². The Morgan fingerprint density at radius 2 is 2.04 bits per heavy atom. The van der Waals surface area contributed by atoms with Crippen LogP contribution in [0.4, 0.5) is 4.39 Å². The van der Waals surface area contributed by atoms with Crippen molar-refractivity contribution in [1.82, 2.24) is 9.80 Å². The van der Waals surface area contributed by atoms with E-state index in [2.05, 4.69) is 0 Å². The molecule has 0 saturated carbocycles. The Morgan fingerprint density at radius 1 is 1.33 bits per heavy atom. The highest BCUT2D eigenvalue weighted by Gasteiger charge is 2.36. The molecule has 0 bridgehead atoms. The lowest BCUT2D eigenvalue weighted by molar-refractivity contribution is -0.137. The molecule has 0 aromatic heterocycles. The molecule has 1 aromatic rings. The molecule has 1 N–H and O–H groups in total. The summed E-state index contributed by atoms with van der Waals surface area (Å²) in [6.45, 7) is 2.10. The van der Waals surface area contributed by atoms with Crippen LogP contribution in [-0.2, 0) is 16.1 Å². The number of benzene rings is 1. The van der Waals surface area contributed by atoms with Crippen molar-refractivity contribution >= 4 is 11.8 Å². The molecule has 0 spiro atoms. The first-order chi connectivity index (χ1) is 11.4. The van der Waals surface area contributed by atoms with Gasteiger partial charge in [-0.2, -0.15) is 0 Å². The van der Waals surface area contributed by atoms with Gasteiger partial charge in [-0.05, 0) is 18.4 Å². The molecule has 1 heterocycles. The van der Waals surface area contributed by atoms with Crippen molar-refractivity contribution in [2.75, 3.05) is 26.2 Å². The Morgan fingerprint density at radius 3 is 2.67 bits per heavy atom. The Bertz CT molecular complexity index is 567. The average Bonchev–Trinajstić information content (AvgIpc) is 2.59. The molecule has 1 saturated heterocycles. The summed E-state index contributed by atoms with van der Waals surface area (Å²) in [5, 5.41) is 9.14. The minimum absolute atomic E-state index is 0.0684. The van der Waals surface area contributed by atoms with E-state index in [0.717, 1.165) is 5.56 Å². The fourth-order valence-corrected chi connectivity index (χ4v) is 2.97. The number of aliphatic hydroxyl groups is 1. The van der Waals surface area contributed by atoms with Gasteiger partial charge in [0.1, 0.15) is 0 Å². The molecule has 1 unspecified atom stereocenters. The van der Waals surface area contributed by atoms with Gasteiger partial charge in [-0.3, -0.25) is 9.59 Å². The van der Waals surface area contributed by atoms with Gasteiger partial charge in [-0.1, -0.05) is 30.3 Å². The van der Waals surface area contributed by atoms with E-state index in [1.807, 2.05) is 30.3 Å². The third-order valence-corrected chi connectivity index (χ3v) is 4.42. The number of alkyl halides is 1. The van der Waals surface area contributed by atoms with Gasteiger partial charge in [-0.25, -0.2) is 4.39 Å². The predicted molar refractivity (Wildman–Crippen MR) is 88.9 cm³/mol. The normalized spacial score (nSPS) is 20.7. The summed E-state index contributed by atoms with van der Waals surface area (Å²) in [5.74, 6) is -0.273. The summed E-state index contributed by atoms with van der Waals surface area (Å²) < 4.78 is 14.2. The first kappa shape index (κ1) is 18.4. The van der Waals surface area contributed by atoms with E-state index in [1.54, 1.807) is 4.90 Å². The molecule has 2 amide bonds. The summed E-state index contributed by atoms with van der Waals surface area (Å²) in [4.78, 5) is 27.2. The number of piperidine rings is 1. The van der Waals surface area contributed by atoms with Gasteiger partial charge in [0, 0.05) is 33.0 Å². The summed E-state index contributed by atoms with van der Waals surface area (Å²) in [5.41, 5.74) is -0.695. The average molecular weight is 336 g/mol. The summed E-state index contributed by atoms with van der Waals surface area (Å²) >= 11 is 0. The van der Waals surface area contributed by atoms with Gasteiger partial charge in [0.15, 0.2) is 5.67 Å². The van der Waals surface area contributed by atoms with E-state index < -0.39 is 12.3 Å². The van der Waals surface area contributed by atoms with Gasteiger partial charge in [-0.15, -0.1) is 0 Å². The van der Waals surface area contributed by atoms with Crippen LogP contribution in [0.15, 0.2) is 30.3 Å². The van der Waals surface area contributed by atoms with Crippen LogP contribution < -0.4 is 0 Å². The smallest absolute Gasteiger partial charge is 0.224 e. The number of amides is 2. The van der Waals surface area contributed by atoms with E-state index in [4.69, 9.17) is 5.11 Å². The summed E-state index contributed by atoms with van der Waals surface area (Å²) in [7, 11) is 0. The van der Waals surface area contributed by atoms with E-state index in [1.165, 1.54) is 11.8 Å². The molecule has 0 aliphatic carbocycles. The van der Waals surface area contributed by atoms with Crippen molar-refractivity contribution in [2.24, 2.45) is 0 Å². The van der Waals surface area contributed by atoms with Crippen molar-refractivity contribution in [3.05, 3.63) is 35.9 Å². The molecule has 6 heteroatoms. The van der Waals surface area contributed by atoms with Crippen molar-refractivity contribution in [3.63, 3.8) is 0 Å². The van der Waals surface area contributed by atoms with Gasteiger partial charge < -0.3 is 14.9 Å². The van der Waals surface area contributed by atoms with Gasteiger partial charge in [0.05, 0.1) is 13.2 Å². The lowest BCUT2D eigenvalue weighted by atomic mass is 9.95. The Balaban J connectivity index is 1.89. The number of nitrogens with zero attached hydrogens (tertiary/aromatic N) is 2. The zero-order valence-corrected chi connectivity index (χ0v) is 14.1. The summed E-state index contributed by atoms with van der Waals surface area (Å²) in [6.07, 6.45) is 0.984. The van der Waals surface area contributed by atoms with Crippen LogP contribution in [0.3, 0.4) is 0 Å². The maximum Gasteiger partial charge on any atom is 0.224 e. The number of aliphatic hydroxyl groups excluding tert-OH is 1. The molecular weight excluding hydrogens is 311 g/mol. The van der Waals surface area contributed by atoms with E-state index in [0.29, 0.717) is 26.1 Å². The van der Waals surface area contributed by atoms with Crippen LogP contribution in [0.1, 0.15) is 31.7 Å². The topological polar surface area (TPSA) is 60.9 Å². The first-order valence-corrected chi connectivity index (χ1v) is 8.30. The largest absolute Gasteiger partial charge is 0.393 e. The molecule has 1 aromatic carbocycles. The van der Waals surface area contributed by atoms with Crippen molar-refractivity contribution in [1.29, 1.82) is 0 Å². The molecule has 1 fully saturated rings. The maximum atomic E-state index is 14.2. The summed E-state index contributed by atoms with van der Waals surface area (Å²) in [6, 6.07) is 9.58. The van der Waals surface area contributed by atoms with Gasteiger partial charge in [0.2, 0.25) is 11.8 Å². The van der Waals surface area contributed by atoms with E-state index in [-0.39, 0.29) is 31.2 Å². The molecule has 1 aliphatic heterocycles. The maximum absolute atomic E-state index is 14.2. The predicted octanol–water partition coefficient (Wildman–Crippen LogP) is 1.75. The lowest BCUT2D eigenvalue weighted by Crippen LogP contribution is -2.50. The number of likely N-dealkylation sites (tertiary alicyclic amines) is 1. The fraction of sp³-hybridized carbons (Fsp3) is 0.556. The standard InChI is InChI=1S/C18H25FN2O3/c1-15(23)20(12-16-6-3-2-4-7-16)11-8-17(24)21-10-5-9-18(19,13-21)14-22/h2-4,6-7,22H,5,8-14H2,1H3. The first-order valence-electron chi connectivity index (χ1n) is 8.30. The highest BCUT2D eigenvalue weighted by Crippen LogP contribution is 2.25. The number of carbonyl (C=O) groups is 2. The third-order valence-electron chi connectivity index (χ3n) is 4.42. The Hall–Kier alpha value is -1.95. The number of carbonyl (C=O) groups excluding carboxylic acids is 2. The molecular formula is C18H25FN2O3. The van der Waals surface area contributed by atoms with Crippen LogP contribution in [0.25, 0.3) is 0 Å². The van der Waals surface area contributed by atoms with Crippen LogP contribution in [-0.4, -0.2) is 58.6 Å². The monoisotopic (exact) mass is 336 g/mol. The zero-order chi connectivity index (χ0) is 17.6. The van der Waals surface area contributed by atoms with Crippen molar-refractivity contribution < 1.29 is 19.1 Å². The number of hydrogen-bond acceptors (Lipinski definition) is 3. The molecule has 2 rings (SSSR count). The quantitative estimate of drug-likeness (QED) is 0.861. The van der Waals surface area contributed by atoms with Crippen LogP contribution in [0.2, 0.25) is 0 Å². The molecule has 1 aliphatic rings. The zero-order valence-electron chi connectivity index (χ0n) is 14.1. The Labute approximate surface area is 142 Å². The molecule has 0 radical (unpaired) electrons. The molecule has 132 valence electrons. The van der Waals surface area contributed by atoms with E-state index >= 15 is 0 Å². The number of halogens is 1. The minimum Gasteiger partial charge on any atom is -0.393 e. The SMILES string of the molecule is CC(=O)N(CCC(=O)N1CCCC(F)(CO)C1)Cc1ccccc1. The number of hydrogen-bond donors (Lipinski definition) is 1. The minimum atomic E-state index is -1.70.